The molecule has 104 valence electrons. The lowest BCUT2D eigenvalue weighted by Crippen LogP contribution is -2.49. The van der Waals surface area contributed by atoms with Crippen molar-refractivity contribution in [1.29, 1.82) is 0 Å². The van der Waals surface area contributed by atoms with E-state index in [1.54, 1.807) is 7.11 Å². The molecule has 0 spiro atoms. The number of piperazine rings is 1. The zero-order chi connectivity index (χ0) is 13.7. The summed E-state index contributed by atoms with van der Waals surface area (Å²) in [6.07, 6.45) is 0. The highest BCUT2D eigenvalue weighted by Gasteiger charge is 2.23. The minimum atomic E-state index is 0.0657. The minimum absolute atomic E-state index is 0.0657. The first-order valence-electron chi connectivity index (χ1n) is 6.47. The zero-order valence-corrected chi connectivity index (χ0v) is 12.7. The van der Waals surface area contributed by atoms with E-state index in [2.05, 4.69) is 20.8 Å². The van der Waals surface area contributed by atoms with E-state index in [9.17, 15) is 4.79 Å². The third-order valence-electron chi connectivity index (χ3n) is 3.40. The maximum atomic E-state index is 12.5. The summed E-state index contributed by atoms with van der Waals surface area (Å²) in [6.45, 7) is 4.48. The molecule has 1 fully saturated rings. The quantitative estimate of drug-likeness (QED) is 0.792. The summed E-state index contributed by atoms with van der Waals surface area (Å²) in [5, 5.41) is 0.980. The fraction of sp³-hybridized carbons (Fsp3) is 0.500. The van der Waals surface area contributed by atoms with Gasteiger partial charge in [0.1, 0.15) is 5.75 Å². The molecule has 0 aromatic heterocycles. The van der Waals surface area contributed by atoms with Gasteiger partial charge in [-0.05, 0) is 12.1 Å². The monoisotopic (exact) mass is 326 g/mol. The van der Waals surface area contributed by atoms with Crippen molar-refractivity contribution in [3.63, 3.8) is 0 Å². The first-order valence-corrected chi connectivity index (χ1v) is 7.59. The Morgan fingerprint density at radius 1 is 1.26 bits per heavy atom. The van der Waals surface area contributed by atoms with E-state index in [0.717, 1.165) is 38.1 Å². The van der Waals surface area contributed by atoms with E-state index in [4.69, 9.17) is 4.74 Å². The Bertz CT molecular complexity index is 431. The number of rotatable bonds is 4. The smallest absolute Gasteiger partial charge is 0.257 e. The number of ether oxygens (including phenoxy) is 1. The molecule has 0 saturated carbocycles. The SMILES string of the molecule is COc1ccccc1C(=O)N1CCN(CCBr)CC1. The van der Waals surface area contributed by atoms with Gasteiger partial charge < -0.3 is 9.64 Å². The highest BCUT2D eigenvalue weighted by molar-refractivity contribution is 9.09. The Balaban J connectivity index is 2.01. The van der Waals surface area contributed by atoms with E-state index in [-0.39, 0.29) is 5.91 Å². The first-order chi connectivity index (χ1) is 9.26. The molecule has 1 heterocycles. The van der Waals surface area contributed by atoms with Gasteiger partial charge >= 0.3 is 0 Å². The van der Waals surface area contributed by atoms with Crippen molar-refractivity contribution >= 4 is 21.8 Å². The molecule has 1 aliphatic rings. The second kappa shape index (κ2) is 6.91. The van der Waals surface area contributed by atoms with Crippen molar-refractivity contribution in [2.45, 2.75) is 0 Å². The average Bonchev–Trinajstić information content (AvgIpc) is 2.47. The third-order valence-corrected chi connectivity index (χ3v) is 3.75. The molecule has 1 amide bonds. The van der Waals surface area contributed by atoms with E-state index < -0.39 is 0 Å². The van der Waals surface area contributed by atoms with Gasteiger partial charge in [0.25, 0.3) is 5.91 Å². The van der Waals surface area contributed by atoms with E-state index >= 15 is 0 Å². The average molecular weight is 327 g/mol. The molecular weight excluding hydrogens is 308 g/mol. The number of hydrogen-bond acceptors (Lipinski definition) is 3. The van der Waals surface area contributed by atoms with Crippen molar-refractivity contribution < 1.29 is 9.53 Å². The van der Waals surface area contributed by atoms with Crippen molar-refractivity contribution in [3.8, 4) is 5.75 Å². The molecule has 0 bridgehead atoms. The van der Waals surface area contributed by atoms with Crippen LogP contribution in [0.15, 0.2) is 24.3 Å². The van der Waals surface area contributed by atoms with Crippen molar-refractivity contribution in [2.24, 2.45) is 0 Å². The molecule has 1 aliphatic heterocycles. The van der Waals surface area contributed by atoms with Gasteiger partial charge in [-0.3, -0.25) is 9.69 Å². The lowest BCUT2D eigenvalue weighted by Gasteiger charge is -2.34. The summed E-state index contributed by atoms with van der Waals surface area (Å²) in [6, 6.07) is 7.40. The number of alkyl halides is 1. The molecule has 1 aromatic carbocycles. The maximum absolute atomic E-state index is 12.5. The summed E-state index contributed by atoms with van der Waals surface area (Å²) in [7, 11) is 1.60. The highest BCUT2D eigenvalue weighted by atomic mass is 79.9. The van der Waals surface area contributed by atoms with E-state index in [1.807, 2.05) is 29.2 Å². The van der Waals surface area contributed by atoms with Crippen LogP contribution in [0.5, 0.6) is 5.75 Å². The molecule has 0 aliphatic carbocycles. The fourth-order valence-electron chi connectivity index (χ4n) is 2.29. The van der Waals surface area contributed by atoms with Crippen LogP contribution in [0.25, 0.3) is 0 Å². The number of methoxy groups -OCH3 is 1. The summed E-state index contributed by atoms with van der Waals surface area (Å²) in [5.74, 6) is 0.714. The molecule has 0 radical (unpaired) electrons. The summed E-state index contributed by atoms with van der Waals surface area (Å²) >= 11 is 3.45. The van der Waals surface area contributed by atoms with Crippen molar-refractivity contribution in [3.05, 3.63) is 29.8 Å². The Morgan fingerprint density at radius 3 is 2.58 bits per heavy atom. The van der Waals surface area contributed by atoms with Gasteiger partial charge in [0.2, 0.25) is 0 Å². The summed E-state index contributed by atoms with van der Waals surface area (Å²) in [4.78, 5) is 16.7. The first kappa shape index (κ1) is 14.3. The summed E-state index contributed by atoms with van der Waals surface area (Å²) in [5.41, 5.74) is 0.652. The maximum Gasteiger partial charge on any atom is 0.257 e. The highest BCUT2D eigenvalue weighted by Crippen LogP contribution is 2.20. The molecular formula is C14H19BrN2O2. The summed E-state index contributed by atoms with van der Waals surface area (Å²) < 4.78 is 5.25. The van der Waals surface area contributed by atoms with Gasteiger partial charge in [-0.15, -0.1) is 0 Å². The van der Waals surface area contributed by atoms with Crippen LogP contribution in [0.2, 0.25) is 0 Å². The van der Waals surface area contributed by atoms with Crippen molar-refractivity contribution in [2.75, 3.05) is 45.2 Å². The van der Waals surface area contributed by atoms with Crippen LogP contribution < -0.4 is 4.74 Å². The molecule has 5 heteroatoms. The largest absolute Gasteiger partial charge is 0.496 e. The second-order valence-corrected chi connectivity index (χ2v) is 5.32. The van der Waals surface area contributed by atoms with Crippen LogP contribution in [0.4, 0.5) is 0 Å². The van der Waals surface area contributed by atoms with Crippen LogP contribution in [0.3, 0.4) is 0 Å². The molecule has 4 nitrogen and oxygen atoms in total. The number of halogens is 1. The van der Waals surface area contributed by atoms with Gasteiger partial charge in [-0.1, -0.05) is 28.1 Å². The van der Waals surface area contributed by atoms with Gasteiger partial charge in [-0.2, -0.15) is 0 Å². The number of carbonyl (C=O) groups excluding carboxylic acids is 1. The van der Waals surface area contributed by atoms with Crippen LogP contribution in [-0.2, 0) is 0 Å². The van der Waals surface area contributed by atoms with Crippen LogP contribution in [0.1, 0.15) is 10.4 Å². The predicted octanol–water partition coefficient (Wildman–Crippen LogP) is 1.85. The standard InChI is InChI=1S/C14H19BrN2O2/c1-19-13-5-3-2-4-12(13)14(18)17-10-8-16(7-6-15)9-11-17/h2-5H,6-11H2,1H3. The van der Waals surface area contributed by atoms with Gasteiger partial charge in [0.15, 0.2) is 0 Å². The lowest BCUT2D eigenvalue weighted by molar-refractivity contribution is 0.0641. The predicted molar refractivity (Wildman–Crippen MR) is 79.1 cm³/mol. The fourth-order valence-corrected chi connectivity index (χ4v) is 2.79. The van der Waals surface area contributed by atoms with Gasteiger partial charge in [0, 0.05) is 38.1 Å². The van der Waals surface area contributed by atoms with E-state index in [1.165, 1.54) is 0 Å². The Hall–Kier alpha value is -1.07. The molecule has 0 atom stereocenters. The Morgan fingerprint density at radius 2 is 1.95 bits per heavy atom. The molecule has 19 heavy (non-hydrogen) atoms. The Labute approximate surface area is 122 Å². The van der Waals surface area contributed by atoms with Gasteiger partial charge in [-0.25, -0.2) is 0 Å². The minimum Gasteiger partial charge on any atom is -0.496 e. The van der Waals surface area contributed by atoms with Crippen LogP contribution in [-0.4, -0.2) is 60.9 Å². The number of benzene rings is 1. The van der Waals surface area contributed by atoms with Crippen molar-refractivity contribution in [1.82, 2.24) is 9.80 Å². The third kappa shape index (κ3) is 3.48. The molecule has 0 unspecified atom stereocenters. The number of carbonyl (C=O) groups is 1. The van der Waals surface area contributed by atoms with E-state index in [0.29, 0.717) is 11.3 Å². The molecule has 1 aromatic rings. The normalized spacial score (nSPS) is 16.4. The number of nitrogens with zero attached hydrogens (tertiary/aromatic N) is 2. The second-order valence-electron chi connectivity index (χ2n) is 4.52. The molecule has 0 N–H and O–H groups in total. The topological polar surface area (TPSA) is 32.8 Å². The lowest BCUT2D eigenvalue weighted by atomic mass is 10.1. The van der Waals surface area contributed by atoms with Gasteiger partial charge in [0.05, 0.1) is 12.7 Å². The van der Waals surface area contributed by atoms with Crippen LogP contribution in [0, 0.1) is 0 Å². The number of hydrogen-bond donors (Lipinski definition) is 0. The number of para-hydroxylation sites is 1. The number of amides is 1. The Kier molecular flexibility index (Phi) is 5.22. The molecule has 2 rings (SSSR count). The van der Waals surface area contributed by atoms with Crippen LogP contribution >= 0.6 is 15.9 Å². The zero-order valence-electron chi connectivity index (χ0n) is 11.1. The molecule has 1 saturated heterocycles.